The van der Waals surface area contributed by atoms with E-state index in [0.29, 0.717) is 146 Å². The average Bonchev–Trinajstić information content (AvgIpc) is 1.61. The van der Waals surface area contributed by atoms with Crippen molar-refractivity contribution in [1.82, 2.24) is 36.0 Å². The van der Waals surface area contributed by atoms with Crippen LogP contribution in [0.25, 0.3) is 5.70 Å². The highest BCUT2D eigenvalue weighted by Gasteiger charge is 2.51. The van der Waals surface area contributed by atoms with Crippen molar-refractivity contribution in [3.8, 4) is 23.0 Å². The normalized spacial score (nSPS) is 21.7. The lowest BCUT2D eigenvalue weighted by Crippen LogP contribution is -2.54. The van der Waals surface area contributed by atoms with Gasteiger partial charge < -0.3 is 82.1 Å². The summed E-state index contributed by atoms with van der Waals surface area (Å²) < 4.78 is 80.9. The third-order valence-corrected chi connectivity index (χ3v) is 18.6. The lowest BCUT2D eigenvalue weighted by atomic mass is 10.0. The predicted molar refractivity (Wildman–Crippen MR) is 383 cm³/mol. The first-order chi connectivity index (χ1) is 50.4. The molecule has 7 amide bonds. The smallest absolute Gasteiger partial charge is 0.417 e. The number of hydrogen-bond acceptors (Lipinski definition) is 23. The van der Waals surface area contributed by atoms with E-state index >= 15 is 0 Å². The zero-order valence-corrected chi connectivity index (χ0v) is 61.6. The second-order valence-electron chi connectivity index (χ2n) is 29.0. The first kappa shape index (κ1) is 77.3. The molecule has 3 aromatic rings. The average molecular weight is 1460 g/mol. The van der Waals surface area contributed by atoms with E-state index in [2.05, 4.69) is 29.4 Å². The number of anilines is 2. The number of hydrazine groups is 2. The molecule has 105 heavy (non-hydrogen) atoms. The molecule has 4 fully saturated rings. The first-order valence-electron chi connectivity index (χ1n) is 36.3. The van der Waals surface area contributed by atoms with Crippen LogP contribution >= 0.6 is 0 Å². The Morgan fingerprint density at radius 2 is 1.09 bits per heavy atom. The molecule has 2 unspecified atom stereocenters. The van der Waals surface area contributed by atoms with Crippen molar-refractivity contribution < 1.29 is 95.1 Å². The van der Waals surface area contributed by atoms with Crippen LogP contribution in [0.1, 0.15) is 156 Å². The number of nitrogens with zero attached hydrogens (tertiary/aromatic N) is 6. The SMILES string of the molecule is C=C1C[C@H]2[C@H](OC3CCCCO3)N(C(=O)OC(C)(C)C)c3cc(OCc4cc(COc5cc6c(cc5OC)C(=O)N5CC(=C)C[C@H]5[C@H](OC5CCCCO5)N6C(=O)OC(C)(C)C)cc(C5=CN(CCOCCOCCOCCNC(=O)CCCCCN6C(=O)C=CC6=O)NN5)c4)c(OC)cc3C(=O)N2C1. The molecule has 0 bridgehead atoms. The molecule has 0 radical (unpaired) electrons. The zero-order valence-electron chi connectivity index (χ0n) is 61.6. The number of fused-ring (bicyclic) bond motifs is 4. The number of nitrogens with one attached hydrogen (secondary N) is 3. The monoisotopic (exact) mass is 1460 g/mol. The fourth-order valence-corrected chi connectivity index (χ4v) is 13.7. The number of amides is 7. The molecule has 11 rings (SSSR count). The van der Waals surface area contributed by atoms with Gasteiger partial charge in [0.2, 0.25) is 5.91 Å². The van der Waals surface area contributed by atoms with E-state index < -0.39 is 60.5 Å². The Kier molecular flexibility index (Phi) is 25.8. The second kappa shape index (κ2) is 35.1. The molecule has 4 saturated heterocycles. The van der Waals surface area contributed by atoms with Crippen LogP contribution in [0.15, 0.2) is 85.1 Å². The van der Waals surface area contributed by atoms with Crippen LogP contribution in [0.2, 0.25) is 0 Å². The third kappa shape index (κ3) is 19.8. The largest absolute Gasteiger partial charge is 0.493 e. The number of rotatable bonds is 31. The minimum atomic E-state index is -1.04. The molecule has 570 valence electrons. The van der Waals surface area contributed by atoms with Crippen molar-refractivity contribution in [3.63, 3.8) is 0 Å². The van der Waals surface area contributed by atoms with E-state index in [0.717, 1.165) is 36.8 Å². The van der Waals surface area contributed by atoms with Crippen molar-refractivity contribution in [2.24, 2.45) is 0 Å². The second-order valence-corrected chi connectivity index (χ2v) is 29.0. The van der Waals surface area contributed by atoms with Gasteiger partial charge in [-0.1, -0.05) is 30.7 Å². The Hall–Kier alpha value is -8.81. The molecule has 8 aliphatic heterocycles. The highest BCUT2D eigenvalue weighted by Crippen LogP contribution is 2.46. The van der Waals surface area contributed by atoms with Gasteiger partial charge in [-0.2, -0.15) is 0 Å². The molecule has 3 aromatic carbocycles. The number of ether oxygens (including phenoxy) is 13. The highest BCUT2D eigenvalue weighted by molar-refractivity contribution is 6.13. The van der Waals surface area contributed by atoms with Gasteiger partial charge in [-0.3, -0.25) is 33.9 Å². The van der Waals surface area contributed by atoms with Gasteiger partial charge in [0.15, 0.2) is 48.0 Å². The quantitative estimate of drug-likeness (QED) is 0.0307. The molecule has 29 heteroatoms. The van der Waals surface area contributed by atoms with E-state index in [1.807, 2.05) is 29.4 Å². The predicted octanol–water partition coefficient (Wildman–Crippen LogP) is 8.93. The molecule has 0 spiro atoms. The van der Waals surface area contributed by atoms with Gasteiger partial charge in [-0.05, 0) is 147 Å². The third-order valence-electron chi connectivity index (χ3n) is 18.6. The van der Waals surface area contributed by atoms with Crippen LogP contribution in [0, 0.1) is 0 Å². The fraction of sp³-hybridized carbons (Fsp3) is 0.566. The number of benzene rings is 3. The van der Waals surface area contributed by atoms with Gasteiger partial charge in [-0.15, -0.1) is 5.53 Å². The number of carbonyl (C=O) groups excluding carboxylic acids is 7. The summed E-state index contributed by atoms with van der Waals surface area (Å²) in [6.45, 7) is 23.6. The number of hydrogen-bond donors (Lipinski definition) is 3. The van der Waals surface area contributed by atoms with Crippen molar-refractivity contribution in [3.05, 3.63) is 113 Å². The summed E-state index contributed by atoms with van der Waals surface area (Å²) in [4.78, 5) is 103. The first-order valence-corrected chi connectivity index (χ1v) is 36.3. The Morgan fingerprint density at radius 3 is 1.56 bits per heavy atom. The molecule has 0 aliphatic carbocycles. The Bertz CT molecular complexity index is 3550. The summed E-state index contributed by atoms with van der Waals surface area (Å²) in [5.74, 6) is -0.537. The van der Waals surface area contributed by atoms with Crippen molar-refractivity contribution in [1.29, 1.82) is 0 Å². The minimum absolute atomic E-state index is 0.0753. The molecule has 6 atom stereocenters. The number of unbranched alkanes of at least 4 members (excludes halogenated alkanes) is 2. The number of imide groups is 1. The van der Waals surface area contributed by atoms with Crippen LogP contribution in [-0.2, 0) is 70.2 Å². The van der Waals surface area contributed by atoms with Gasteiger partial charge >= 0.3 is 12.2 Å². The van der Waals surface area contributed by atoms with Crippen LogP contribution < -0.4 is 45.0 Å². The molecule has 8 heterocycles. The van der Waals surface area contributed by atoms with E-state index in [4.69, 9.17) is 61.6 Å². The molecule has 8 aliphatic rings. The Labute approximate surface area is 613 Å². The van der Waals surface area contributed by atoms with Gasteiger partial charge in [-0.25, -0.2) is 19.4 Å². The summed E-state index contributed by atoms with van der Waals surface area (Å²) >= 11 is 0. The van der Waals surface area contributed by atoms with E-state index in [1.54, 1.807) is 75.6 Å². The van der Waals surface area contributed by atoms with Gasteiger partial charge in [0, 0.05) is 81.9 Å². The van der Waals surface area contributed by atoms with Crippen molar-refractivity contribution in [2.45, 2.75) is 180 Å². The van der Waals surface area contributed by atoms with Crippen molar-refractivity contribution in [2.75, 3.05) is 110 Å². The Balaban J connectivity index is 0.810. The van der Waals surface area contributed by atoms with Gasteiger partial charge in [0.1, 0.15) is 24.4 Å². The van der Waals surface area contributed by atoms with Crippen LogP contribution in [0.4, 0.5) is 21.0 Å². The summed E-state index contributed by atoms with van der Waals surface area (Å²) in [5, 5.41) is 4.68. The minimum Gasteiger partial charge on any atom is -0.493 e. The van der Waals surface area contributed by atoms with Crippen LogP contribution in [0.3, 0.4) is 0 Å². The molecule has 29 nitrogen and oxygen atoms in total. The van der Waals surface area contributed by atoms with Gasteiger partial charge in [0.25, 0.3) is 23.6 Å². The molecule has 0 saturated carbocycles. The molecular weight excluding hydrogens is 1360 g/mol. The van der Waals surface area contributed by atoms with Gasteiger partial charge in [0.05, 0.1) is 101 Å². The topological polar surface area (TPSA) is 295 Å². The molecule has 0 aromatic heterocycles. The van der Waals surface area contributed by atoms with Crippen LogP contribution in [-0.4, -0.2) is 210 Å². The Morgan fingerprint density at radius 1 is 0.590 bits per heavy atom. The summed E-state index contributed by atoms with van der Waals surface area (Å²) in [5.41, 5.74) is 9.68. The zero-order chi connectivity index (χ0) is 74.5. The summed E-state index contributed by atoms with van der Waals surface area (Å²) in [6.07, 6.45) is 7.28. The van der Waals surface area contributed by atoms with E-state index in [1.165, 1.54) is 41.1 Å². The number of methoxy groups -OCH3 is 2. The standard InChI is InChI=1S/C76H101N9O20/c1-48-34-58-71(102-67-19-13-16-26-98-67)84(73(91)104-75(3,4)5)56-41-62(60(93-9)39-53(56)69(89)82(58)43-48)100-46-50-36-51(38-52(37-50)55-45-80(79-78-55)25-29-96-31-33-97-32-30-95-28-23-77-64(86)18-12-11-15-24-81-65(87)21-22-66(81)88)47-101-63-42-57-54(40-61(63)94-10)70(90)83-44-49(2)35-59(83)72(103-68-20-14-17-27-99-68)85(57)74(92)105-76(6,7)8/h21-22,36-42,45,58-59,67-68,71-72,78-79H,1-2,11-20,23-35,43-44,46-47H2,3-10H3,(H,77,86)/t58-,59-,67?,68?,71-,72-/m0/s1. The van der Waals surface area contributed by atoms with Crippen LogP contribution in [0.5, 0.6) is 23.0 Å². The highest BCUT2D eigenvalue weighted by atomic mass is 16.7. The summed E-state index contributed by atoms with van der Waals surface area (Å²) in [7, 11) is 2.95. The maximum Gasteiger partial charge on any atom is 0.417 e. The lowest BCUT2D eigenvalue weighted by molar-refractivity contribution is -0.196. The maximum atomic E-state index is 14.9. The number of carbonyl (C=O) groups is 7. The van der Waals surface area contributed by atoms with E-state index in [-0.39, 0.29) is 101 Å². The molecule has 3 N–H and O–H groups in total. The van der Waals surface area contributed by atoms with E-state index in [9.17, 15) is 33.6 Å². The lowest BCUT2D eigenvalue weighted by Gasteiger charge is -2.39. The molecular formula is C76H101N9O20. The maximum absolute atomic E-state index is 14.9. The summed E-state index contributed by atoms with van der Waals surface area (Å²) in [6, 6.07) is 10.9. The fourth-order valence-electron chi connectivity index (χ4n) is 13.7. The van der Waals surface area contributed by atoms with Crippen molar-refractivity contribution >= 4 is 58.8 Å².